The maximum atomic E-state index is 3.45. The van der Waals surface area contributed by atoms with Gasteiger partial charge in [-0.15, -0.1) is 0 Å². The highest BCUT2D eigenvalue weighted by Crippen LogP contribution is 2.17. The molecule has 0 spiro atoms. The highest BCUT2D eigenvalue weighted by atomic mass is 79.9. The van der Waals surface area contributed by atoms with Gasteiger partial charge in [0.25, 0.3) is 0 Å². The number of nitrogens with one attached hydrogen (secondary N) is 1. The lowest BCUT2D eigenvalue weighted by Crippen LogP contribution is -1.85. The predicted octanol–water partition coefficient (Wildman–Crippen LogP) is 3.11. The fourth-order valence-corrected chi connectivity index (χ4v) is 1.90. The largest absolute Gasteiger partial charge is 0.361 e. The summed E-state index contributed by atoms with van der Waals surface area (Å²) in [6, 6.07) is 8.51. The molecule has 62 valence electrons. The van der Waals surface area contributed by atoms with Gasteiger partial charge in [-0.25, -0.2) is 0 Å². The number of H-pyrrole nitrogens is 1. The molecular formula is C10H10BrN. The molecule has 1 N–H and O–H groups in total. The van der Waals surface area contributed by atoms with E-state index in [1.807, 2.05) is 6.20 Å². The molecule has 0 bridgehead atoms. The lowest BCUT2D eigenvalue weighted by Gasteiger charge is -1.98. The van der Waals surface area contributed by atoms with Crippen LogP contribution < -0.4 is 0 Å². The summed E-state index contributed by atoms with van der Waals surface area (Å²) < 4.78 is 0. The summed E-state index contributed by atoms with van der Waals surface area (Å²) in [4.78, 5) is 3.20. The molecule has 0 radical (unpaired) electrons. The zero-order valence-electron chi connectivity index (χ0n) is 6.68. The number of hydrogen-bond donors (Lipinski definition) is 1. The molecule has 1 aromatic heterocycles. The van der Waals surface area contributed by atoms with E-state index in [9.17, 15) is 0 Å². The Bertz CT molecular complexity index is 378. The van der Waals surface area contributed by atoms with Crippen LogP contribution in [0.25, 0.3) is 10.9 Å². The fourth-order valence-electron chi connectivity index (χ4n) is 1.47. The van der Waals surface area contributed by atoms with E-state index in [4.69, 9.17) is 0 Å². The van der Waals surface area contributed by atoms with Gasteiger partial charge in [0.15, 0.2) is 0 Å². The van der Waals surface area contributed by atoms with Crippen LogP contribution in [0, 0.1) is 0 Å². The monoisotopic (exact) mass is 223 g/mol. The number of aromatic nitrogens is 1. The van der Waals surface area contributed by atoms with E-state index in [-0.39, 0.29) is 0 Å². The van der Waals surface area contributed by atoms with E-state index in [2.05, 4.69) is 45.2 Å². The molecule has 1 heterocycles. The molecule has 0 fully saturated rings. The van der Waals surface area contributed by atoms with Crippen molar-refractivity contribution in [3.05, 3.63) is 36.0 Å². The van der Waals surface area contributed by atoms with Gasteiger partial charge in [-0.1, -0.05) is 28.1 Å². The lowest BCUT2D eigenvalue weighted by molar-refractivity contribution is 1.19. The molecule has 0 unspecified atom stereocenters. The summed E-state index contributed by atoms with van der Waals surface area (Å²) in [5.74, 6) is 0. The van der Waals surface area contributed by atoms with Crippen molar-refractivity contribution in [1.29, 1.82) is 0 Å². The smallest absolute Gasteiger partial charge is 0.0456 e. The van der Waals surface area contributed by atoms with Crippen LogP contribution in [0.4, 0.5) is 0 Å². The molecule has 2 heteroatoms. The summed E-state index contributed by atoms with van der Waals surface area (Å²) in [5, 5.41) is 2.37. The molecule has 0 atom stereocenters. The van der Waals surface area contributed by atoms with Crippen LogP contribution in [0.3, 0.4) is 0 Å². The van der Waals surface area contributed by atoms with Crippen molar-refractivity contribution in [3.8, 4) is 0 Å². The van der Waals surface area contributed by atoms with Crippen molar-refractivity contribution in [2.45, 2.75) is 6.42 Å². The van der Waals surface area contributed by atoms with Crippen molar-refractivity contribution in [2.24, 2.45) is 0 Å². The van der Waals surface area contributed by atoms with E-state index in [0.717, 1.165) is 11.8 Å². The summed E-state index contributed by atoms with van der Waals surface area (Å²) in [6.45, 7) is 0. The number of halogens is 1. The standard InChI is InChI=1S/C10H10BrN/c11-6-4-8-2-1-3-10-9(8)5-7-12-10/h1-3,5,7,12H,4,6H2. The Balaban J connectivity index is 2.57. The summed E-state index contributed by atoms with van der Waals surface area (Å²) >= 11 is 3.45. The Morgan fingerprint density at radius 3 is 3.00 bits per heavy atom. The molecule has 0 amide bonds. The molecule has 0 saturated heterocycles. The second-order valence-corrected chi connectivity index (χ2v) is 3.59. The first kappa shape index (κ1) is 7.87. The van der Waals surface area contributed by atoms with Crippen LogP contribution in [0.1, 0.15) is 5.56 Å². The maximum Gasteiger partial charge on any atom is 0.0456 e. The van der Waals surface area contributed by atoms with Gasteiger partial charge in [-0.05, 0) is 24.1 Å². The van der Waals surface area contributed by atoms with Crippen molar-refractivity contribution in [2.75, 3.05) is 5.33 Å². The zero-order valence-corrected chi connectivity index (χ0v) is 8.26. The first-order chi connectivity index (χ1) is 5.92. The van der Waals surface area contributed by atoms with Gasteiger partial charge in [0.05, 0.1) is 0 Å². The van der Waals surface area contributed by atoms with Crippen molar-refractivity contribution in [1.82, 2.24) is 4.98 Å². The van der Waals surface area contributed by atoms with Crippen LogP contribution in [-0.4, -0.2) is 10.3 Å². The van der Waals surface area contributed by atoms with Gasteiger partial charge in [0, 0.05) is 22.4 Å². The van der Waals surface area contributed by atoms with Crippen LogP contribution in [0.15, 0.2) is 30.5 Å². The average molecular weight is 224 g/mol. The van der Waals surface area contributed by atoms with Gasteiger partial charge in [-0.2, -0.15) is 0 Å². The van der Waals surface area contributed by atoms with Crippen molar-refractivity contribution in [3.63, 3.8) is 0 Å². The topological polar surface area (TPSA) is 15.8 Å². The van der Waals surface area contributed by atoms with Gasteiger partial charge in [0.2, 0.25) is 0 Å². The Morgan fingerprint density at radius 2 is 2.17 bits per heavy atom. The molecule has 0 aliphatic carbocycles. The summed E-state index contributed by atoms with van der Waals surface area (Å²) in [7, 11) is 0. The Kier molecular flexibility index (Phi) is 2.17. The second kappa shape index (κ2) is 3.31. The predicted molar refractivity (Wildman–Crippen MR) is 55.8 cm³/mol. The van der Waals surface area contributed by atoms with E-state index in [0.29, 0.717) is 0 Å². The first-order valence-electron chi connectivity index (χ1n) is 4.03. The first-order valence-corrected chi connectivity index (χ1v) is 5.15. The van der Waals surface area contributed by atoms with Gasteiger partial charge in [0.1, 0.15) is 0 Å². The minimum Gasteiger partial charge on any atom is -0.361 e. The van der Waals surface area contributed by atoms with E-state index in [1.165, 1.54) is 16.5 Å². The van der Waals surface area contributed by atoms with Crippen LogP contribution in [-0.2, 0) is 6.42 Å². The van der Waals surface area contributed by atoms with Crippen molar-refractivity contribution < 1.29 is 0 Å². The second-order valence-electron chi connectivity index (χ2n) is 2.80. The van der Waals surface area contributed by atoms with Crippen molar-refractivity contribution >= 4 is 26.8 Å². The number of alkyl halides is 1. The van der Waals surface area contributed by atoms with Crippen LogP contribution in [0.5, 0.6) is 0 Å². The number of aryl methyl sites for hydroxylation is 1. The van der Waals surface area contributed by atoms with Gasteiger partial charge < -0.3 is 4.98 Å². The number of hydrogen-bond acceptors (Lipinski definition) is 0. The highest BCUT2D eigenvalue weighted by molar-refractivity contribution is 9.09. The molecule has 1 aromatic carbocycles. The van der Waals surface area contributed by atoms with Gasteiger partial charge >= 0.3 is 0 Å². The molecule has 12 heavy (non-hydrogen) atoms. The fraction of sp³-hybridized carbons (Fsp3) is 0.200. The third-order valence-corrected chi connectivity index (χ3v) is 2.45. The SMILES string of the molecule is BrCCc1cccc2[nH]ccc12. The summed E-state index contributed by atoms with van der Waals surface area (Å²) in [6.07, 6.45) is 3.08. The molecule has 0 aliphatic heterocycles. The lowest BCUT2D eigenvalue weighted by atomic mass is 10.1. The third-order valence-electron chi connectivity index (χ3n) is 2.05. The quantitative estimate of drug-likeness (QED) is 0.754. The minimum atomic E-state index is 1.03. The van der Waals surface area contributed by atoms with Crippen LogP contribution >= 0.6 is 15.9 Å². The van der Waals surface area contributed by atoms with Gasteiger partial charge in [-0.3, -0.25) is 0 Å². The highest BCUT2D eigenvalue weighted by Gasteiger charge is 1.99. The third kappa shape index (κ3) is 1.27. The van der Waals surface area contributed by atoms with E-state index < -0.39 is 0 Å². The summed E-state index contributed by atoms with van der Waals surface area (Å²) in [5.41, 5.74) is 2.64. The number of rotatable bonds is 2. The normalized spacial score (nSPS) is 10.8. The Morgan fingerprint density at radius 1 is 1.25 bits per heavy atom. The Hall–Kier alpha value is -0.760. The molecule has 0 aliphatic rings. The molecule has 1 nitrogen and oxygen atoms in total. The number of benzene rings is 1. The number of aromatic amines is 1. The van der Waals surface area contributed by atoms with E-state index in [1.54, 1.807) is 0 Å². The van der Waals surface area contributed by atoms with E-state index >= 15 is 0 Å². The molecule has 2 rings (SSSR count). The van der Waals surface area contributed by atoms with Crippen LogP contribution in [0.2, 0.25) is 0 Å². The average Bonchev–Trinajstić information content (AvgIpc) is 2.53. The molecule has 2 aromatic rings. The Labute approximate surface area is 79.9 Å². The minimum absolute atomic E-state index is 1.03. The zero-order chi connectivity index (χ0) is 8.39. The molecule has 0 saturated carbocycles. The number of fused-ring (bicyclic) bond motifs is 1. The maximum absolute atomic E-state index is 3.45. The molecular weight excluding hydrogens is 214 g/mol.